The molecule has 2 aromatic heterocycles. The Balaban J connectivity index is 1.57. The predicted molar refractivity (Wildman–Crippen MR) is 119 cm³/mol. The lowest BCUT2D eigenvalue weighted by Crippen LogP contribution is -2.25. The van der Waals surface area contributed by atoms with E-state index in [0.29, 0.717) is 28.8 Å². The molecule has 1 amide bonds. The van der Waals surface area contributed by atoms with Crippen molar-refractivity contribution in [3.63, 3.8) is 0 Å². The molecule has 4 aromatic rings. The second kappa shape index (κ2) is 7.87. The first-order valence-corrected chi connectivity index (χ1v) is 11.2. The lowest BCUT2D eigenvalue weighted by molar-refractivity contribution is -0.137. The van der Waals surface area contributed by atoms with Gasteiger partial charge in [0.15, 0.2) is 0 Å². The van der Waals surface area contributed by atoms with Gasteiger partial charge >= 0.3 is 6.18 Å². The van der Waals surface area contributed by atoms with Crippen LogP contribution in [0.15, 0.2) is 42.5 Å². The molecule has 1 aliphatic heterocycles. The van der Waals surface area contributed by atoms with Crippen LogP contribution >= 0.6 is 11.3 Å². The predicted octanol–water partition coefficient (Wildman–Crippen LogP) is 5.68. The number of halogens is 3. The summed E-state index contributed by atoms with van der Waals surface area (Å²) in [6, 6.07) is 10.6. The van der Waals surface area contributed by atoms with Gasteiger partial charge in [-0.15, -0.1) is 0 Å². The van der Waals surface area contributed by atoms with Gasteiger partial charge in [-0.25, -0.2) is 4.98 Å². The minimum atomic E-state index is -4.41. The van der Waals surface area contributed by atoms with Gasteiger partial charge in [-0.3, -0.25) is 4.79 Å². The molecule has 0 unspecified atom stereocenters. The van der Waals surface area contributed by atoms with Crippen molar-refractivity contribution in [2.24, 2.45) is 0 Å². The fraction of sp³-hybridized carbons (Fsp3) is 0.261. The molecule has 170 valence electrons. The van der Waals surface area contributed by atoms with Crippen LogP contribution in [-0.2, 0) is 11.0 Å². The highest BCUT2D eigenvalue weighted by Gasteiger charge is 2.35. The fourth-order valence-corrected chi connectivity index (χ4v) is 5.07. The molecular formula is C23H19F3N4O2S. The van der Waals surface area contributed by atoms with Crippen LogP contribution in [0.25, 0.3) is 15.3 Å². The van der Waals surface area contributed by atoms with E-state index in [-0.39, 0.29) is 12.3 Å². The molecular weight excluding hydrogens is 453 g/mol. The van der Waals surface area contributed by atoms with E-state index in [1.807, 2.05) is 32.0 Å². The third-order valence-electron chi connectivity index (χ3n) is 5.58. The first kappa shape index (κ1) is 21.4. The zero-order valence-electron chi connectivity index (χ0n) is 17.7. The molecule has 0 saturated heterocycles. The third kappa shape index (κ3) is 3.84. The summed E-state index contributed by atoms with van der Waals surface area (Å²) in [6.45, 7) is 4.29. The van der Waals surface area contributed by atoms with Crippen LogP contribution in [0.5, 0.6) is 5.75 Å². The van der Waals surface area contributed by atoms with Crippen LogP contribution < -0.4 is 10.1 Å². The minimum absolute atomic E-state index is 0.127. The Labute approximate surface area is 191 Å². The summed E-state index contributed by atoms with van der Waals surface area (Å²) in [5.41, 5.74) is 2.15. The van der Waals surface area contributed by atoms with Crippen LogP contribution in [0.2, 0.25) is 0 Å². The highest BCUT2D eigenvalue weighted by atomic mass is 32.1. The van der Waals surface area contributed by atoms with Crippen LogP contribution in [0.4, 0.5) is 19.0 Å². The number of hydrogen-bond acceptors (Lipinski definition) is 5. The molecule has 0 bridgehead atoms. The molecule has 10 heteroatoms. The van der Waals surface area contributed by atoms with Crippen molar-refractivity contribution in [3.05, 3.63) is 64.8 Å². The topological polar surface area (TPSA) is 69.0 Å². The molecule has 0 fully saturated rings. The summed E-state index contributed by atoms with van der Waals surface area (Å²) in [7, 11) is 0. The minimum Gasteiger partial charge on any atom is -0.494 e. The van der Waals surface area contributed by atoms with Crippen LogP contribution in [-0.4, -0.2) is 27.3 Å². The summed E-state index contributed by atoms with van der Waals surface area (Å²) in [5, 5.41) is 8.08. The maximum atomic E-state index is 13.0. The average Bonchev–Trinajstić information content (AvgIpc) is 3.33. The molecule has 5 rings (SSSR count). The number of rotatable bonds is 4. The van der Waals surface area contributed by atoms with Gasteiger partial charge < -0.3 is 10.1 Å². The molecule has 2 aromatic carbocycles. The number of ether oxygens (including phenoxy) is 1. The number of carbonyl (C=O) groups is 1. The molecule has 33 heavy (non-hydrogen) atoms. The van der Waals surface area contributed by atoms with E-state index in [2.05, 4.69) is 15.4 Å². The largest absolute Gasteiger partial charge is 0.494 e. The number of benzene rings is 2. The van der Waals surface area contributed by atoms with Crippen LogP contribution in [0.3, 0.4) is 0 Å². The van der Waals surface area contributed by atoms with E-state index in [1.165, 1.54) is 23.5 Å². The number of nitrogens with zero attached hydrogens (tertiary/aromatic N) is 3. The Morgan fingerprint density at radius 1 is 1.21 bits per heavy atom. The molecule has 0 radical (unpaired) electrons. The number of alkyl halides is 3. The average molecular weight is 472 g/mol. The second-order valence-electron chi connectivity index (χ2n) is 7.74. The van der Waals surface area contributed by atoms with Gasteiger partial charge in [0.05, 0.1) is 28.1 Å². The Morgan fingerprint density at radius 3 is 2.67 bits per heavy atom. The van der Waals surface area contributed by atoms with E-state index in [1.54, 1.807) is 4.68 Å². The molecule has 1 atom stereocenters. The number of hydrogen-bond donors (Lipinski definition) is 1. The van der Waals surface area contributed by atoms with Crippen molar-refractivity contribution >= 4 is 33.3 Å². The quantitative estimate of drug-likeness (QED) is 0.415. The highest BCUT2D eigenvalue weighted by molar-refractivity contribution is 7.20. The third-order valence-corrected chi connectivity index (χ3v) is 6.58. The van der Waals surface area contributed by atoms with E-state index in [4.69, 9.17) is 4.74 Å². The van der Waals surface area contributed by atoms with Gasteiger partial charge in [0, 0.05) is 17.9 Å². The highest BCUT2D eigenvalue weighted by Crippen LogP contribution is 2.42. The monoisotopic (exact) mass is 472 g/mol. The van der Waals surface area contributed by atoms with Gasteiger partial charge in [-0.2, -0.15) is 23.0 Å². The smallest absolute Gasteiger partial charge is 0.416 e. The Morgan fingerprint density at radius 2 is 1.97 bits per heavy atom. The first-order chi connectivity index (χ1) is 15.7. The van der Waals surface area contributed by atoms with E-state index in [9.17, 15) is 18.0 Å². The molecule has 0 spiro atoms. The zero-order valence-corrected chi connectivity index (χ0v) is 18.5. The van der Waals surface area contributed by atoms with Crippen molar-refractivity contribution in [2.45, 2.75) is 32.4 Å². The standard InChI is InChI=1S/C23H19F3N4O2S/c1-3-32-15-8-9-17-18(10-15)33-22(27-17)30-21-20(12(2)29-30)16(11-19(31)28-21)13-4-6-14(7-5-13)23(24,25)26/h4-10,16H,3,11H2,1-2H3,(H,28,31)/t16-/m0/s1. The van der Waals surface area contributed by atoms with Crippen molar-refractivity contribution < 1.29 is 22.7 Å². The lowest BCUT2D eigenvalue weighted by atomic mass is 9.85. The number of amides is 1. The molecule has 1 N–H and O–H groups in total. The molecule has 6 nitrogen and oxygen atoms in total. The molecule has 1 aliphatic rings. The SMILES string of the molecule is CCOc1ccc2nc(-n3nc(C)c4c3NC(=O)C[C@H]4c3ccc(C(F)(F)F)cc3)sc2c1. The van der Waals surface area contributed by atoms with Gasteiger partial charge in [0.2, 0.25) is 11.0 Å². The summed E-state index contributed by atoms with van der Waals surface area (Å²) >= 11 is 1.41. The number of nitrogens with one attached hydrogen (secondary N) is 1. The molecule has 0 saturated carbocycles. The zero-order chi connectivity index (χ0) is 23.3. The Bertz CT molecular complexity index is 1360. The number of aromatic nitrogens is 3. The summed E-state index contributed by atoms with van der Waals surface area (Å²) < 4.78 is 47.0. The first-order valence-electron chi connectivity index (χ1n) is 10.3. The number of fused-ring (bicyclic) bond motifs is 2. The van der Waals surface area contributed by atoms with Crippen molar-refractivity contribution in [3.8, 4) is 10.9 Å². The molecule has 3 heterocycles. The van der Waals surface area contributed by atoms with Gasteiger partial charge in [0.1, 0.15) is 11.6 Å². The summed E-state index contributed by atoms with van der Waals surface area (Å²) in [6.07, 6.45) is -4.29. The van der Waals surface area contributed by atoms with Crippen molar-refractivity contribution in [1.82, 2.24) is 14.8 Å². The number of thiazole rings is 1. The maximum absolute atomic E-state index is 13.0. The van der Waals surface area contributed by atoms with Crippen LogP contribution in [0, 0.1) is 6.92 Å². The van der Waals surface area contributed by atoms with Gasteiger partial charge in [0.25, 0.3) is 0 Å². The number of carbonyl (C=O) groups excluding carboxylic acids is 1. The maximum Gasteiger partial charge on any atom is 0.416 e. The van der Waals surface area contributed by atoms with E-state index >= 15 is 0 Å². The van der Waals surface area contributed by atoms with Gasteiger partial charge in [-0.05, 0) is 49.7 Å². The van der Waals surface area contributed by atoms with E-state index < -0.39 is 17.7 Å². The Hall–Kier alpha value is -3.40. The van der Waals surface area contributed by atoms with Crippen LogP contribution in [0.1, 0.15) is 41.6 Å². The van der Waals surface area contributed by atoms with Crippen molar-refractivity contribution in [1.29, 1.82) is 0 Å². The lowest BCUT2D eigenvalue weighted by Gasteiger charge is -2.24. The summed E-state index contributed by atoms with van der Waals surface area (Å²) in [5.74, 6) is 0.615. The summed E-state index contributed by atoms with van der Waals surface area (Å²) in [4.78, 5) is 17.2. The van der Waals surface area contributed by atoms with Crippen molar-refractivity contribution in [2.75, 3.05) is 11.9 Å². The number of aryl methyl sites for hydroxylation is 1. The fourth-order valence-electron chi connectivity index (χ4n) is 4.11. The second-order valence-corrected chi connectivity index (χ2v) is 8.75. The molecule has 0 aliphatic carbocycles. The normalized spacial score (nSPS) is 16.0. The Kier molecular flexibility index (Phi) is 5.12. The number of anilines is 1. The van der Waals surface area contributed by atoms with Gasteiger partial charge in [-0.1, -0.05) is 23.5 Å². The van der Waals surface area contributed by atoms with E-state index in [0.717, 1.165) is 33.7 Å².